The van der Waals surface area contributed by atoms with Gasteiger partial charge in [-0.15, -0.1) is 0 Å². The zero-order valence-corrected chi connectivity index (χ0v) is 17.9. The summed E-state index contributed by atoms with van der Waals surface area (Å²) in [6, 6.07) is 28.2. The lowest BCUT2D eigenvalue weighted by Crippen LogP contribution is -2.50. The van der Waals surface area contributed by atoms with Gasteiger partial charge in [-0.05, 0) is 29.8 Å². The van der Waals surface area contributed by atoms with E-state index in [-0.39, 0.29) is 12.5 Å². The van der Waals surface area contributed by atoms with Crippen LogP contribution < -0.4 is 9.64 Å². The predicted molar refractivity (Wildman–Crippen MR) is 126 cm³/mol. The van der Waals surface area contributed by atoms with Crippen molar-refractivity contribution >= 4 is 22.9 Å². The molecular weight excluding hydrogens is 400 g/mol. The first-order valence-electron chi connectivity index (χ1n) is 11.0. The number of fused-ring (bicyclic) bond motifs is 1. The van der Waals surface area contributed by atoms with Crippen LogP contribution in [0.3, 0.4) is 0 Å². The second kappa shape index (κ2) is 9.14. The van der Waals surface area contributed by atoms with Gasteiger partial charge in [0.05, 0.1) is 17.6 Å². The predicted octanol–water partition coefficient (Wildman–Crippen LogP) is 3.81. The highest BCUT2D eigenvalue weighted by molar-refractivity contribution is 5.80. The van der Waals surface area contributed by atoms with Crippen LogP contribution in [0.15, 0.2) is 84.9 Å². The number of para-hydroxylation sites is 3. The first-order chi connectivity index (χ1) is 15.8. The van der Waals surface area contributed by atoms with Gasteiger partial charge in [0.1, 0.15) is 5.75 Å². The van der Waals surface area contributed by atoms with Crippen LogP contribution in [0.2, 0.25) is 0 Å². The maximum absolute atomic E-state index is 12.6. The van der Waals surface area contributed by atoms with Crippen molar-refractivity contribution < 1.29 is 9.53 Å². The number of anilines is 1. The Labute approximate surface area is 187 Å². The lowest BCUT2D eigenvalue weighted by atomic mass is 10.2. The normalized spacial score (nSPS) is 14.0. The minimum Gasteiger partial charge on any atom is -0.484 e. The topological polar surface area (TPSA) is 50.6 Å². The lowest BCUT2D eigenvalue weighted by Gasteiger charge is -2.35. The number of carbonyl (C=O) groups is 1. The maximum Gasteiger partial charge on any atom is 0.260 e. The molecule has 0 spiro atoms. The third-order valence-electron chi connectivity index (χ3n) is 5.84. The number of ether oxygens (including phenoxy) is 1. The first kappa shape index (κ1) is 20.1. The van der Waals surface area contributed by atoms with Gasteiger partial charge in [0, 0.05) is 26.2 Å². The summed E-state index contributed by atoms with van der Waals surface area (Å²) in [6.45, 7) is 3.64. The third kappa shape index (κ3) is 4.30. The molecule has 1 aliphatic rings. The highest BCUT2D eigenvalue weighted by atomic mass is 16.5. The molecule has 6 nitrogen and oxygen atoms in total. The van der Waals surface area contributed by atoms with Gasteiger partial charge >= 0.3 is 0 Å². The second-order valence-corrected chi connectivity index (χ2v) is 7.94. The Kier molecular flexibility index (Phi) is 5.75. The van der Waals surface area contributed by atoms with E-state index in [2.05, 4.69) is 51.9 Å². The lowest BCUT2D eigenvalue weighted by molar-refractivity contribution is -0.133. The van der Waals surface area contributed by atoms with Crippen molar-refractivity contribution in [2.24, 2.45) is 0 Å². The average molecular weight is 427 g/mol. The van der Waals surface area contributed by atoms with Crippen molar-refractivity contribution in [1.82, 2.24) is 14.5 Å². The van der Waals surface area contributed by atoms with E-state index in [9.17, 15) is 4.79 Å². The van der Waals surface area contributed by atoms with E-state index in [1.54, 1.807) is 0 Å². The molecule has 0 N–H and O–H groups in total. The van der Waals surface area contributed by atoms with Gasteiger partial charge in [-0.1, -0.05) is 60.7 Å². The van der Waals surface area contributed by atoms with Crippen molar-refractivity contribution in [2.75, 3.05) is 37.7 Å². The fourth-order valence-corrected chi connectivity index (χ4v) is 4.14. The van der Waals surface area contributed by atoms with Gasteiger partial charge in [0.2, 0.25) is 5.95 Å². The van der Waals surface area contributed by atoms with Crippen LogP contribution in [0.25, 0.3) is 11.0 Å². The molecule has 0 saturated carbocycles. The molecule has 5 rings (SSSR count). The quantitative estimate of drug-likeness (QED) is 0.470. The van der Waals surface area contributed by atoms with Crippen LogP contribution in [0, 0.1) is 0 Å². The zero-order valence-electron chi connectivity index (χ0n) is 17.9. The summed E-state index contributed by atoms with van der Waals surface area (Å²) in [5.41, 5.74) is 3.36. The molecule has 0 radical (unpaired) electrons. The van der Waals surface area contributed by atoms with Gasteiger partial charge in [-0.25, -0.2) is 4.98 Å². The van der Waals surface area contributed by atoms with E-state index >= 15 is 0 Å². The molecule has 1 aliphatic heterocycles. The van der Waals surface area contributed by atoms with Gasteiger partial charge in [0.15, 0.2) is 6.61 Å². The number of carbonyl (C=O) groups excluding carboxylic acids is 1. The molecule has 0 unspecified atom stereocenters. The van der Waals surface area contributed by atoms with Gasteiger partial charge in [0.25, 0.3) is 5.91 Å². The number of aromatic nitrogens is 2. The van der Waals surface area contributed by atoms with Crippen molar-refractivity contribution in [3.63, 3.8) is 0 Å². The van der Waals surface area contributed by atoms with Gasteiger partial charge in [-0.3, -0.25) is 4.79 Å². The summed E-state index contributed by atoms with van der Waals surface area (Å²) in [7, 11) is 0. The third-order valence-corrected chi connectivity index (χ3v) is 5.84. The minimum atomic E-state index is 0.0197. The Morgan fingerprint density at radius 1 is 0.812 bits per heavy atom. The molecule has 1 amide bonds. The van der Waals surface area contributed by atoms with Crippen LogP contribution in [-0.2, 0) is 11.3 Å². The SMILES string of the molecule is O=C(COc1ccccc1)N1CCN(c2nc3ccccc3n2Cc2ccccc2)CC1. The monoisotopic (exact) mass is 426 g/mol. The van der Waals surface area contributed by atoms with Gasteiger partial charge in [-0.2, -0.15) is 0 Å². The Morgan fingerprint density at radius 3 is 2.22 bits per heavy atom. The van der Waals surface area contributed by atoms with Crippen LogP contribution in [0.4, 0.5) is 5.95 Å². The molecular formula is C26H26N4O2. The highest BCUT2D eigenvalue weighted by Crippen LogP contribution is 2.25. The van der Waals surface area contributed by atoms with E-state index in [1.807, 2.05) is 47.4 Å². The average Bonchev–Trinajstić information content (AvgIpc) is 3.22. The van der Waals surface area contributed by atoms with Crippen LogP contribution in [0.5, 0.6) is 5.75 Å². The first-order valence-corrected chi connectivity index (χ1v) is 11.0. The zero-order chi connectivity index (χ0) is 21.8. The van der Waals surface area contributed by atoms with E-state index in [4.69, 9.17) is 9.72 Å². The standard InChI is InChI=1S/C26H26N4O2/c31-25(20-32-22-11-5-2-6-12-22)28-15-17-29(18-16-28)26-27-23-13-7-8-14-24(23)30(26)19-21-9-3-1-4-10-21/h1-14H,15-20H2. The molecule has 0 atom stereocenters. The van der Waals surface area contributed by atoms with E-state index in [0.29, 0.717) is 18.8 Å². The number of imidazole rings is 1. The molecule has 3 aromatic carbocycles. The highest BCUT2D eigenvalue weighted by Gasteiger charge is 2.25. The molecule has 32 heavy (non-hydrogen) atoms. The molecule has 2 heterocycles. The Balaban J connectivity index is 1.28. The summed E-state index contributed by atoms with van der Waals surface area (Å²) >= 11 is 0. The largest absolute Gasteiger partial charge is 0.484 e. The molecule has 0 aliphatic carbocycles. The van der Waals surface area contributed by atoms with E-state index in [1.165, 1.54) is 5.56 Å². The minimum absolute atomic E-state index is 0.0197. The Morgan fingerprint density at radius 2 is 1.47 bits per heavy atom. The molecule has 0 bridgehead atoms. The summed E-state index contributed by atoms with van der Waals surface area (Å²) in [5.74, 6) is 1.70. The van der Waals surface area contributed by atoms with Crippen molar-refractivity contribution in [3.8, 4) is 5.75 Å². The van der Waals surface area contributed by atoms with Crippen molar-refractivity contribution in [3.05, 3.63) is 90.5 Å². The number of nitrogens with zero attached hydrogens (tertiary/aromatic N) is 4. The number of rotatable bonds is 6. The van der Waals surface area contributed by atoms with Crippen LogP contribution in [-0.4, -0.2) is 53.1 Å². The smallest absolute Gasteiger partial charge is 0.260 e. The fraction of sp³-hybridized carbons (Fsp3) is 0.231. The molecule has 1 saturated heterocycles. The molecule has 1 fully saturated rings. The van der Waals surface area contributed by atoms with Crippen molar-refractivity contribution in [1.29, 1.82) is 0 Å². The Hall–Kier alpha value is -3.80. The number of benzene rings is 3. The van der Waals surface area contributed by atoms with Gasteiger partial charge < -0.3 is 19.1 Å². The second-order valence-electron chi connectivity index (χ2n) is 7.94. The summed E-state index contributed by atoms with van der Waals surface area (Å²) in [4.78, 5) is 21.7. The number of hydrogen-bond acceptors (Lipinski definition) is 4. The van der Waals surface area contributed by atoms with Crippen LogP contribution in [0.1, 0.15) is 5.56 Å². The van der Waals surface area contributed by atoms with E-state index < -0.39 is 0 Å². The van der Waals surface area contributed by atoms with Crippen LogP contribution >= 0.6 is 0 Å². The fourth-order valence-electron chi connectivity index (χ4n) is 4.14. The number of piperazine rings is 1. The number of hydrogen-bond donors (Lipinski definition) is 0. The molecule has 1 aromatic heterocycles. The summed E-state index contributed by atoms with van der Waals surface area (Å²) < 4.78 is 7.92. The summed E-state index contributed by atoms with van der Waals surface area (Å²) in [6.07, 6.45) is 0. The molecule has 162 valence electrons. The maximum atomic E-state index is 12.6. The molecule has 6 heteroatoms. The van der Waals surface area contributed by atoms with Crippen molar-refractivity contribution in [2.45, 2.75) is 6.54 Å². The summed E-state index contributed by atoms with van der Waals surface area (Å²) in [5, 5.41) is 0. The Bertz CT molecular complexity index is 1180. The van der Waals surface area contributed by atoms with E-state index in [0.717, 1.165) is 36.6 Å². The molecule has 4 aromatic rings. The number of amides is 1.